The van der Waals surface area contributed by atoms with E-state index in [-0.39, 0.29) is 17.0 Å². The summed E-state index contributed by atoms with van der Waals surface area (Å²) in [4.78, 5) is 9.05. The Balaban J connectivity index is 0.00000192. The minimum Gasteiger partial charge on any atom is -0.346 e. The molecule has 1 aromatic heterocycles. The molecule has 0 radical (unpaired) electrons. The van der Waals surface area contributed by atoms with E-state index in [1.165, 1.54) is 23.5 Å². The van der Waals surface area contributed by atoms with E-state index >= 15 is 0 Å². The van der Waals surface area contributed by atoms with Gasteiger partial charge in [0.25, 0.3) is 0 Å². The zero-order valence-electron chi connectivity index (χ0n) is 12.5. The molecule has 0 N–H and O–H groups in total. The zero-order valence-corrected chi connectivity index (χ0v) is 15.0. The van der Waals surface area contributed by atoms with E-state index in [9.17, 15) is 13.2 Å². The van der Waals surface area contributed by atoms with Gasteiger partial charge in [0.2, 0.25) is 0 Å². The number of hydrogen-bond acceptors (Lipinski definition) is 4. The van der Waals surface area contributed by atoms with Crippen molar-refractivity contribution in [3.05, 3.63) is 35.2 Å². The second-order valence-corrected chi connectivity index (χ2v) is 6.22. The Labute approximate surface area is 147 Å². The van der Waals surface area contributed by atoms with Gasteiger partial charge in [-0.2, -0.15) is 13.2 Å². The highest BCUT2D eigenvalue weighted by atomic mass is 79.9. The number of thiazole rings is 1. The van der Waals surface area contributed by atoms with Crippen molar-refractivity contribution in [3.8, 4) is 11.3 Å². The third kappa shape index (κ3) is 4.24. The fraction of sp³-hybridized carbons (Fsp3) is 0.400. The van der Waals surface area contributed by atoms with Gasteiger partial charge in [0.1, 0.15) is 0 Å². The molecule has 0 amide bonds. The smallest absolute Gasteiger partial charge is 0.346 e. The lowest BCUT2D eigenvalue weighted by molar-refractivity contribution is -0.137. The molecule has 0 unspecified atom stereocenters. The molecule has 23 heavy (non-hydrogen) atoms. The van der Waals surface area contributed by atoms with E-state index in [1.807, 2.05) is 5.38 Å². The van der Waals surface area contributed by atoms with Crippen molar-refractivity contribution >= 4 is 33.4 Å². The van der Waals surface area contributed by atoms with Crippen molar-refractivity contribution in [1.29, 1.82) is 0 Å². The van der Waals surface area contributed by atoms with Gasteiger partial charge in [-0.3, -0.25) is 0 Å². The normalized spacial score (nSPS) is 16.3. The minimum atomic E-state index is -4.30. The van der Waals surface area contributed by atoms with Gasteiger partial charge in [-0.25, -0.2) is 4.98 Å². The molecular weight excluding hydrogens is 391 g/mol. The lowest BCUT2D eigenvalue weighted by atomic mass is 10.1. The van der Waals surface area contributed by atoms with Gasteiger partial charge >= 0.3 is 6.18 Å². The summed E-state index contributed by atoms with van der Waals surface area (Å²) < 4.78 is 37.7. The molecule has 0 saturated carbocycles. The number of hydrogen-bond donors (Lipinski definition) is 0. The molecule has 3 nitrogen and oxygen atoms in total. The van der Waals surface area contributed by atoms with Crippen LogP contribution in [0.1, 0.15) is 5.56 Å². The maximum atomic E-state index is 12.6. The van der Waals surface area contributed by atoms with Crippen LogP contribution in [-0.2, 0) is 6.18 Å². The van der Waals surface area contributed by atoms with Crippen LogP contribution in [0.5, 0.6) is 0 Å². The molecule has 126 valence electrons. The number of likely N-dealkylation sites (N-methyl/N-ethyl adjacent to an activating group) is 1. The summed E-state index contributed by atoms with van der Waals surface area (Å²) in [6.45, 7) is 3.84. The number of alkyl halides is 3. The number of rotatable bonds is 2. The minimum absolute atomic E-state index is 0. The van der Waals surface area contributed by atoms with Crippen molar-refractivity contribution < 1.29 is 13.2 Å². The van der Waals surface area contributed by atoms with Crippen LogP contribution in [0.3, 0.4) is 0 Å². The summed E-state index contributed by atoms with van der Waals surface area (Å²) in [5.41, 5.74) is 0.808. The van der Waals surface area contributed by atoms with E-state index < -0.39 is 11.7 Å². The second-order valence-electron chi connectivity index (χ2n) is 5.38. The fourth-order valence-electron chi connectivity index (χ4n) is 2.37. The third-order valence-electron chi connectivity index (χ3n) is 3.77. The van der Waals surface area contributed by atoms with Crippen LogP contribution in [-0.4, -0.2) is 43.1 Å². The first-order valence-corrected chi connectivity index (χ1v) is 7.88. The summed E-state index contributed by atoms with van der Waals surface area (Å²) in [5.74, 6) is 0. The molecule has 0 atom stereocenters. The van der Waals surface area contributed by atoms with Gasteiger partial charge in [0, 0.05) is 37.1 Å². The SMILES string of the molecule is Br.CN1CCN(c2nc(-c3ccc(C(F)(F)F)cc3)cs2)CC1. The van der Waals surface area contributed by atoms with Crippen LogP contribution in [0.4, 0.5) is 18.3 Å². The topological polar surface area (TPSA) is 19.4 Å². The number of benzene rings is 1. The highest BCUT2D eigenvalue weighted by molar-refractivity contribution is 8.93. The average molecular weight is 408 g/mol. The summed E-state index contributed by atoms with van der Waals surface area (Å²) in [6.07, 6.45) is -4.30. The molecule has 8 heteroatoms. The van der Waals surface area contributed by atoms with Crippen LogP contribution in [0, 0.1) is 0 Å². The molecule has 1 aromatic carbocycles. The Kier molecular flexibility index (Phi) is 5.70. The van der Waals surface area contributed by atoms with E-state index in [1.54, 1.807) is 0 Å². The van der Waals surface area contributed by atoms with E-state index in [0.717, 1.165) is 49.1 Å². The summed E-state index contributed by atoms with van der Waals surface area (Å²) in [7, 11) is 2.09. The van der Waals surface area contributed by atoms with Crippen molar-refractivity contribution in [1.82, 2.24) is 9.88 Å². The van der Waals surface area contributed by atoms with Crippen LogP contribution in [0.15, 0.2) is 29.6 Å². The van der Waals surface area contributed by atoms with E-state index in [0.29, 0.717) is 5.56 Å². The number of nitrogens with zero attached hydrogens (tertiary/aromatic N) is 3. The fourth-order valence-corrected chi connectivity index (χ4v) is 3.26. The lowest BCUT2D eigenvalue weighted by Gasteiger charge is -2.32. The van der Waals surface area contributed by atoms with E-state index in [2.05, 4.69) is 21.8 Å². The first kappa shape index (κ1) is 18.2. The van der Waals surface area contributed by atoms with Crippen LogP contribution in [0.2, 0.25) is 0 Å². The number of halogens is 4. The lowest BCUT2D eigenvalue weighted by Crippen LogP contribution is -2.44. The highest BCUT2D eigenvalue weighted by Crippen LogP contribution is 2.32. The average Bonchev–Trinajstić information content (AvgIpc) is 2.97. The maximum Gasteiger partial charge on any atom is 0.416 e. The van der Waals surface area contributed by atoms with Gasteiger partial charge in [0.05, 0.1) is 11.3 Å². The Morgan fingerprint density at radius 2 is 1.65 bits per heavy atom. The van der Waals surface area contributed by atoms with Gasteiger partial charge < -0.3 is 9.80 Å². The van der Waals surface area contributed by atoms with E-state index in [4.69, 9.17) is 0 Å². The number of piperazine rings is 1. The maximum absolute atomic E-state index is 12.6. The van der Waals surface area contributed by atoms with Crippen molar-refractivity contribution in [2.75, 3.05) is 38.1 Å². The monoisotopic (exact) mass is 407 g/mol. The van der Waals surface area contributed by atoms with Crippen molar-refractivity contribution in [2.24, 2.45) is 0 Å². The van der Waals surface area contributed by atoms with Crippen LogP contribution in [0.25, 0.3) is 11.3 Å². The Morgan fingerprint density at radius 1 is 1.04 bits per heavy atom. The molecule has 2 aromatic rings. The van der Waals surface area contributed by atoms with Crippen LogP contribution < -0.4 is 4.90 Å². The molecule has 1 aliphatic rings. The molecule has 1 aliphatic heterocycles. The first-order valence-electron chi connectivity index (χ1n) is 7.00. The molecular formula is C15H17BrF3N3S. The largest absolute Gasteiger partial charge is 0.416 e. The predicted molar refractivity (Wildman–Crippen MR) is 92.6 cm³/mol. The highest BCUT2D eigenvalue weighted by Gasteiger charge is 2.30. The predicted octanol–water partition coefficient (Wildman–Crippen LogP) is 4.16. The van der Waals surface area contributed by atoms with Gasteiger partial charge in [-0.05, 0) is 19.2 Å². The summed E-state index contributed by atoms with van der Waals surface area (Å²) in [5, 5.41) is 2.83. The van der Waals surface area contributed by atoms with Gasteiger partial charge in [-0.1, -0.05) is 12.1 Å². The number of anilines is 1. The molecule has 2 heterocycles. The van der Waals surface area contributed by atoms with Gasteiger partial charge in [0.15, 0.2) is 5.13 Å². The Morgan fingerprint density at radius 3 is 2.22 bits per heavy atom. The molecule has 3 rings (SSSR count). The molecule has 0 bridgehead atoms. The Hall–Kier alpha value is -1.12. The molecule has 0 spiro atoms. The van der Waals surface area contributed by atoms with Crippen LogP contribution >= 0.6 is 28.3 Å². The summed E-state index contributed by atoms with van der Waals surface area (Å²) in [6, 6.07) is 5.16. The third-order valence-corrected chi connectivity index (χ3v) is 4.68. The van der Waals surface area contributed by atoms with Crippen molar-refractivity contribution in [3.63, 3.8) is 0 Å². The second kappa shape index (κ2) is 7.19. The quantitative estimate of drug-likeness (QED) is 0.744. The van der Waals surface area contributed by atoms with Gasteiger partial charge in [-0.15, -0.1) is 28.3 Å². The standard InChI is InChI=1S/C15H16F3N3S.BrH/c1-20-6-8-21(9-7-20)14-19-13(10-22-14)11-2-4-12(5-3-11)15(16,17)18;/h2-5,10H,6-9H2,1H3;1H. The Bertz CT molecular complexity index is 634. The summed E-state index contributed by atoms with van der Waals surface area (Å²) >= 11 is 1.54. The molecule has 1 fully saturated rings. The number of aromatic nitrogens is 1. The first-order chi connectivity index (χ1) is 10.4. The molecule has 1 saturated heterocycles. The zero-order chi connectivity index (χ0) is 15.7. The molecule has 0 aliphatic carbocycles. The van der Waals surface area contributed by atoms with Crippen molar-refractivity contribution in [2.45, 2.75) is 6.18 Å².